The minimum atomic E-state index is 0.113. The highest BCUT2D eigenvalue weighted by Gasteiger charge is 2.09. The van der Waals surface area contributed by atoms with Crippen molar-refractivity contribution in [2.24, 2.45) is 0 Å². The fourth-order valence-electron chi connectivity index (χ4n) is 2.36. The highest BCUT2D eigenvalue weighted by molar-refractivity contribution is 5.78. The van der Waals surface area contributed by atoms with E-state index in [9.17, 15) is 4.79 Å². The van der Waals surface area contributed by atoms with Gasteiger partial charge in [0.05, 0.1) is 19.6 Å². The molecule has 1 fully saturated rings. The Kier molecular flexibility index (Phi) is 6.54. The van der Waals surface area contributed by atoms with E-state index in [1.165, 1.54) is 0 Å². The molecule has 1 aromatic rings. The molecule has 110 valence electrons. The van der Waals surface area contributed by atoms with Crippen LogP contribution in [0.3, 0.4) is 0 Å². The van der Waals surface area contributed by atoms with Crippen molar-refractivity contribution in [3.63, 3.8) is 0 Å². The number of carbonyl (C=O) groups is 1. The van der Waals surface area contributed by atoms with Crippen LogP contribution in [0.5, 0.6) is 0 Å². The number of rotatable bonds is 7. The molecule has 0 aliphatic carbocycles. The van der Waals surface area contributed by atoms with Crippen molar-refractivity contribution in [1.82, 2.24) is 10.2 Å². The number of morpholine rings is 1. The minimum Gasteiger partial charge on any atom is -0.379 e. The summed E-state index contributed by atoms with van der Waals surface area (Å²) in [4.78, 5) is 14.2. The van der Waals surface area contributed by atoms with Gasteiger partial charge in [-0.2, -0.15) is 0 Å². The Balaban J connectivity index is 1.51. The van der Waals surface area contributed by atoms with Crippen LogP contribution in [0, 0.1) is 0 Å². The summed E-state index contributed by atoms with van der Waals surface area (Å²) in [6, 6.07) is 9.86. The second-order valence-corrected chi connectivity index (χ2v) is 5.17. The van der Waals surface area contributed by atoms with E-state index in [1.54, 1.807) is 0 Å². The van der Waals surface area contributed by atoms with E-state index in [0.717, 1.165) is 57.8 Å². The first-order chi connectivity index (χ1) is 9.84. The van der Waals surface area contributed by atoms with Crippen molar-refractivity contribution in [2.75, 3.05) is 39.4 Å². The summed E-state index contributed by atoms with van der Waals surface area (Å²) in [5.74, 6) is 0.113. The van der Waals surface area contributed by atoms with Gasteiger partial charge >= 0.3 is 0 Å². The molecule has 1 amide bonds. The molecule has 1 aliphatic rings. The second-order valence-electron chi connectivity index (χ2n) is 5.17. The third-order valence-corrected chi connectivity index (χ3v) is 3.53. The van der Waals surface area contributed by atoms with E-state index >= 15 is 0 Å². The lowest BCUT2D eigenvalue weighted by molar-refractivity contribution is -0.120. The molecule has 0 spiro atoms. The van der Waals surface area contributed by atoms with Gasteiger partial charge in [-0.25, -0.2) is 0 Å². The monoisotopic (exact) mass is 276 g/mol. The molecule has 1 N–H and O–H groups in total. The number of hydrogen-bond acceptors (Lipinski definition) is 3. The molecule has 0 saturated carbocycles. The van der Waals surface area contributed by atoms with Gasteiger partial charge in [-0.3, -0.25) is 9.69 Å². The molecule has 0 bridgehead atoms. The highest BCUT2D eigenvalue weighted by atomic mass is 16.5. The zero-order valence-electron chi connectivity index (χ0n) is 12.0. The van der Waals surface area contributed by atoms with Crippen LogP contribution in [0.25, 0.3) is 0 Å². The molecule has 20 heavy (non-hydrogen) atoms. The normalized spacial score (nSPS) is 16.0. The summed E-state index contributed by atoms with van der Waals surface area (Å²) < 4.78 is 5.32. The molecule has 1 aromatic carbocycles. The van der Waals surface area contributed by atoms with Gasteiger partial charge in [0.15, 0.2) is 0 Å². The van der Waals surface area contributed by atoms with Crippen LogP contribution < -0.4 is 5.32 Å². The van der Waals surface area contributed by atoms with Gasteiger partial charge in [-0.15, -0.1) is 0 Å². The predicted molar refractivity (Wildman–Crippen MR) is 79.6 cm³/mol. The number of ether oxygens (including phenoxy) is 1. The molecule has 0 aromatic heterocycles. The Hall–Kier alpha value is -1.39. The van der Waals surface area contributed by atoms with Crippen molar-refractivity contribution in [1.29, 1.82) is 0 Å². The maximum absolute atomic E-state index is 11.7. The predicted octanol–water partition coefficient (Wildman–Crippen LogP) is 1.46. The number of amides is 1. The Labute approximate surface area is 121 Å². The fraction of sp³-hybridized carbons (Fsp3) is 0.562. The molecule has 1 heterocycles. The van der Waals surface area contributed by atoms with Gasteiger partial charge in [-0.1, -0.05) is 30.3 Å². The standard InChI is InChI=1S/C16H24N2O2/c19-16(14-15-6-2-1-3-7-15)17-8-4-5-9-18-10-12-20-13-11-18/h1-3,6-7H,4-5,8-14H2,(H,17,19). The summed E-state index contributed by atoms with van der Waals surface area (Å²) in [5.41, 5.74) is 1.07. The molecule has 0 atom stereocenters. The van der Waals surface area contributed by atoms with Crippen LogP contribution in [-0.2, 0) is 16.0 Å². The zero-order chi connectivity index (χ0) is 14.0. The lowest BCUT2D eigenvalue weighted by Gasteiger charge is -2.26. The smallest absolute Gasteiger partial charge is 0.224 e. The molecule has 4 heteroatoms. The number of nitrogens with one attached hydrogen (secondary N) is 1. The molecular formula is C16H24N2O2. The Morgan fingerprint density at radius 3 is 2.65 bits per heavy atom. The van der Waals surface area contributed by atoms with Gasteiger partial charge in [0.25, 0.3) is 0 Å². The van der Waals surface area contributed by atoms with E-state index in [-0.39, 0.29) is 5.91 Å². The minimum absolute atomic E-state index is 0.113. The summed E-state index contributed by atoms with van der Waals surface area (Å²) >= 11 is 0. The lowest BCUT2D eigenvalue weighted by atomic mass is 10.1. The molecule has 1 aliphatic heterocycles. The SMILES string of the molecule is O=C(Cc1ccccc1)NCCCCN1CCOCC1. The quantitative estimate of drug-likeness (QED) is 0.767. The number of unbranched alkanes of at least 4 members (excludes halogenated alkanes) is 1. The van der Waals surface area contributed by atoms with Crippen LogP contribution >= 0.6 is 0 Å². The largest absolute Gasteiger partial charge is 0.379 e. The van der Waals surface area contributed by atoms with Gasteiger partial charge < -0.3 is 10.1 Å². The van der Waals surface area contributed by atoms with Crippen molar-refractivity contribution in [3.8, 4) is 0 Å². The van der Waals surface area contributed by atoms with Gasteiger partial charge in [0.1, 0.15) is 0 Å². The summed E-state index contributed by atoms with van der Waals surface area (Å²) in [7, 11) is 0. The average Bonchev–Trinajstić information content (AvgIpc) is 2.49. The third kappa shape index (κ3) is 5.72. The topological polar surface area (TPSA) is 41.6 Å². The molecule has 4 nitrogen and oxygen atoms in total. The first-order valence-electron chi connectivity index (χ1n) is 7.45. The number of hydrogen-bond donors (Lipinski definition) is 1. The maximum Gasteiger partial charge on any atom is 0.224 e. The van der Waals surface area contributed by atoms with E-state index < -0.39 is 0 Å². The van der Waals surface area contributed by atoms with Gasteiger partial charge in [-0.05, 0) is 24.9 Å². The van der Waals surface area contributed by atoms with Crippen molar-refractivity contribution in [3.05, 3.63) is 35.9 Å². The Morgan fingerprint density at radius 1 is 1.15 bits per heavy atom. The van der Waals surface area contributed by atoms with E-state index in [4.69, 9.17) is 4.74 Å². The average molecular weight is 276 g/mol. The summed E-state index contributed by atoms with van der Waals surface area (Å²) in [5, 5.41) is 2.99. The van der Waals surface area contributed by atoms with Crippen molar-refractivity contribution < 1.29 is 9.53 Å². The van der Waals surface area contributed by atoms with Crippen LogP contribution in [0.15, 0.2) is 30.3 Å². The first-order valence-corrected chi connectivity index (χ1v) is 7.45. The van der Waals surface area contributed by atoms with E-state index in [0.29, 0.717) is 6.42 Å². The van der Waals surface area contributed by atoms with E-state index in [1.807, 2.05) is 30.3 Å². The number of benzene rings is 1. The lowest BCUT2D eigenvalue weighted by Crippen LogP contribution is -2.37. The van der Waals surface area contributed by atoms with Gasteiger partial charge in [0, 0.05) is 19.6 Å². The molecule has 0 unspecified atom stereocenters. The van der Waals surface area contributed by atoms with Crippen LogP contribution in [0.4, 0.5) is 0 Å². The Bertz CT molecular complexity index is 389. The summed E-state index contributed by atoms with van der Waals surface area (Å²) in [6.07, 6.45) is 2.65. The first kappa shape index (κ1) is 15.0. The van der Waals surface area contributed by atoms with Crippen molar-refractivity contribution >= 4 is 5.91 Å². The van der Waals surface area contributed by atoms with E-state index in [2.05, 4.69) is 10.2 Å². The zero-order valence-corrected chi connectivity index (χ0v) is 12.0. The molecule has 0 radical (unpaired) electrons. The van der Waals surface area contributed by atoms with Crippen molar-refractivity contribution in [2.45, 2.75) is 19.3 Å². The van der Waals surface area contributed by atoms with Gasteiger partial charge in [0.2, 0.25) is 5.91 Å². The number of carbonyl (C=O) groups excluding carboxylic acids is 1. The molecule has 2 rings (SSSR count). The molecular weight excluding hydrogens is 252 g/mol. The highest BCUT2D eigenvalue weighted by Crippen LogP contribution is 2.01. The number of nitrogens with zero attached hydrogens (tertiary/aromatic N) is 1. The second kappa shape index (κ2) is 8.72. The van der Waals surface area contributed by atoms with Crippen LogP contribution in [0.1, 0.15) is 18.4 Å². The Morgan fingerprint density at radius 2 is 1.90 bits per heavy atom. The fourth-order valence-corrected chi connectivity index (χ4v) is 2.36. The van der Waals surface area contributed by atoms with Crippen LogP contribution in [0.2, 0.25) is 0 Å². The maximum atomic E-state index is 11.7. The third-order valence-electron chi connectivity index (χ3n) is 3.53. The van der Waals surface area contributed by atoms with Crippen LogP contribution in [-0.4, -0.2) is 50.2 Å². The summed E-state index contributed by atoms with van der Waals surface area (Å²) in [6.45, 7) is 5.68. The molecule has 1 saturated heterocycles.